The van der Waals surface area contributed by atoms with Crippen molar-refractivity contribution in [2.75, 3.05) is 0 Å². The van der Waals surface area contributed by atoms with Gasteiger partial charge in [0.05, 0.1) is 21.4 Å². The van der Waals surface area contributed by atoms with E-state index in [4.69, 9.17) is 0 Å². The van der Waals surface area contributed by atoms with Gasteiger partial charge in [0.2, 0.25) is 0 Å². The second-order valence-corrected chi connectivity index (χ2v) is 5.54. The van der Waals surface area contributed by atoms with E-state index < -0.39 is 39.5 Å². The third-order valence-electron chi connectivity index (χ3n) is 4.13. The molecule has 1 aliphatic carbocycles. The van der Waals surface area contributed by atoms with Crippen molar-refractivity contribution in [1.29, 1.82) is 0 Å². The van der Waals surface area contributed by atoms with Crippen LogP contribution in [0.5, 0.6) is 0 Å². The zero-order valence-corrected chi connectivity index (χ0v) is 12.2. The van der Waals surface area contributed by atoms with Crippen LogP contribution in [-0.2, 0) is 19.0 Å². The topological polar surface area (TPSA) is 93.3 Å². The molecule has 0 saturated carbocycles. The van der Waals surface area contributed by atoms with Gasteiger partial charge in [0.15, 0.2) is 0 Å². The number of aryl methyl sites for hydroxylation is 1. The van der Waals surface area contributed by atoms with E-state index in [1.807, 2.05) is 0 Å². The Morgan fingerprint density at radius 3 is 2.38 bits per heavy atom. The van der Waals surface area contributed by atoms with Crippen molar-refractivity contribution in [3.05, 3.63) is 44.6 Å². The number of fused-ring (bicyclic) bond motifs is 3. The second-order valence-electron chi connectivity index (χ2n) is 5.54. The number of non-ortho nitro benzene ring substituents is 1. The molecule has 1 N–H and O–H groups in total. The summed E-state index contributed by atoms with van der Waals surface area (Å²) in [6.45, 7) is 0. The molecule has 1 aromatic carbocycles. The summed E-state index contributed by atoms with van der Waals surface area (Å²) in [5, 5.41) is 20.4. The highest BCUT2D eigenvalue weighted by Crippen LogP contribution is 2.41. The number of carbonyl (C=O) groups is 1. The molecule has 0 fully saturated rings. The highest BCUT2D eigenvalue weighted by atomic mass is 19.4. The molecular weight excluding hydrogens is 329 g/mol. The molecule has 0 aliphatic heterocycles. The maximum Gasteiger partial charge on any atom is 0.433 e. The molecule has 24 heavy (non-hydrogen) atoms. The van der Waals surface area contributed by atoms with Gasteiger partial charge in [-0.05, 0) is 42.9 Å². The maximum atomic E-state index is 13.4. The monoisotopic (exact) mass is 340 g/mol. The summed E-state index contributed by atoms with van der Waals surface area (Å²) in [6, 6.07) is 1.93. The number of nitrogens with zero attached hydrogens (tertiary/aromatic N) is 2. The second kappa shape index (κ2) is 5.43. The predicted octanol–water partition coefficient (Wildman–Crippen LogP) is 3.74. The quantitative estimate of drug-likeness (QED) is 0.664. The molecule has 6 nitrogen and oxygen atoms in total. The van der Waals surface area contributed by atoms with Gasteiger partial charge in [-0.15, -0.1) is 0 Å². The average molecular weight is 340 g/mol. The Bertz CT molecular complexity index is 877. The van der Waals surface area contributed by atoms with Gasteiger partial charge in [0, 0.05) is 6.07 Å². The van der Waals surface area contributed by atoms with E-state index >= 15 is 0 Å². The number of carboxylic acid groups (broad SMARTS) is 1. The van der Waals surface area contributed by atoms with Crippen molar-refractivity contribution in [3.63, 3.8) is 0 Å². The number of hydrogen-bond acceptors (Lipinski definition) is 4. The number of pyridine rings is 1. The number of hydrogen-bond donors (Lipinski definition) is 1. The van der Waals surface area contributed by atoms with Crippen LogP contribution in [0.1, 0.15) is 40.0 Å². The van der Waals surface area contributed by atoms with Crippen molar-refractivity contribution < 1.29 is 28.0 Å². The summed E-state index contributed by atoms with van der Waals surface area (Å²) in [7, 11) is 0. The summed E-state index contributed by atoms with van der Waals surface area (Å²) in [4.78, 5) is 25.4. The summed E-state index contributed by atoms with van der Waals surface area (Å²) in [5.41, 5.74) is -2.40. The Hall–Kier alpha value is -2.71. The van der Waals surface area contributed by atoms with E-state index in [2.05, 4.69) is 4.98 Å². The normalized spacial score (nSPS) is 14.5. The minimum absolute atomic E-state index is 0.0631. The lowest BCUT2D eigenvalue weighted by Gasteiger charge is -2.22. The number of carboxylic acids is 1. The lowest BCUT2D eigenvalue weighted by atomic mass is 9.86. The van der Waals surface area contributed by atoms with E-state index in [1.165, 1.54) is 0 Å². The van der Waals surface area contributed by atoms with Crippen molar-refractivity contribution in [2.24, 2.45) is 0 Å². The third-order valence-corrected chi connectivity index (χ3v) is 4.13. The fraction of sp³-hybridized carbons (Fsp3) is 0.333. The number of alkyl halides is 3. The number of benzene rings is 1. The van der Waals surface area contributed by atoms with Crippen LogP contribution in [0.4, 0.5) is 18.9 Å². The molecule has 1 heterocycles. The molecule has 0 amide bonds. The van der Waals surface area contributed by atoms with Gasteiger partial charge in [0.1, 0.15) is 5.69 Å². The van der Waals surface area contributed by atoms with E-state index in [0.717, 1.165) is 12.1 Å². The predicted molar refractivity (Wildman–Crippen MR) is 77.0 cm³/mol. The van der Waals surface area contributed by atoms with E-state index in [0.29, 0.717) is 12.8 Å². The first kappa shape index (κ1) is 16.2. The van der Waals surface area contributed by atoms with Crippen molar-refractivity contribution in [2.45, 2.75) is 31.9 Å². The number of halogens is 3. The summed E-state index contributed by atoms with van der Waals surface area (Å²) < 4.78 is 40.1. The third kappa shape index (κ3) is 2.45. The molecule has 9 heteroatoms. The fourth-order valence-corrected chi connectivity index (χ4v) is 3.18. The summed E-state index contributed by atoms with van der Waals surface area (Å²) in [6.07, 6.45) is -3.31. The van der Waals surface area contributed by atoms with Crippen molar-refractivity contribution in [3.8, 4) is 0 Å². The van der Waals surface area contributed by atoms with Gasteiger partial charge < -0.3 is 5.11 Å². The summed E-state index contributed by atoms with van der Waals surface area (Å²) >= 11 is 0. The zero-order chi connectivity index (χ0) is 17.6. The highest BCUT2D eigenvalue weighted by molar-refractivity contribution is 6.06. The first-order chi connectivity index (χ1) is 11.2. The Morgan fingerprint density at radius 1 is 1.21 bits per heavy atom. The van der Waals surface area contributed by atoms with Crippen molar-refractivity contribution >= 4 is 22.6 Å². The molecule has 0 saturated heterocycles. The maximum absolute atomic E-state index is 13.4. The van der Waals surface area contributed by atoms with E-state index in [-0.39, 0.29) is 29.4 Å². The minimum atomic E-state index is -4.75. The highest BCUT2D eigenvalue weighted by Gasteiger charge is 2.39. The van der Waals surface area contributed by atoms with Crippen LogP contribution in [-0.4, -0.2) is 21.0 Å². The lowest BCUT2D eigenvalue weighted by molar-refractivity contribution is -0.383. The number of rotatable bonds is 2. The SMILES string of the molecule is O=C(O)c1ccc([N+](=O)[O-])c2c3c(c(C(F)(F)F)nc12)CCCC3. The smallest absolute Gasteiger partial charge is 0.433 e. The van der Waals surface area contributed by atoms with Crippen LogP contribution in [0.25, 0.3) is 10.9 Å². The van der Waals surface area contributed by atoms with Gasteiger partial charge >= 0.3 is 12.1 Å². The van der Waals surface area contributed by atoms with Gasteiger partial charge in [0.25, 0.3) is 5.69 Å². The van der Waals surface area contributed by atoms with Crippen LogP contribution in [0.2, 0.25) is 0 Å². The minimum Gasteiger partial charge on any atom is -0.478 e. The van der Waals surface area contributed by atoms with Gasteiger partial charge in [-0.1, -0.05) is 0 Å². The first-order valence-electron chi connectivity index (χ1n) is 7.15. The largest absolute Gasteiger partial charge is 0.478 e. The Labute approximate surface area is 133 Å². The molecular formula is C15H11F3N2O4. The first-order valence-corrected chi connectivity index (χ1v) is 7.15. The molecule has 126 valence electrons. The van der Waals surface area contributed by atoms with E-state index in [9.17, 15) is 33.2 Å². The van der Waals surface area contributed by atoms with E-state index in [1.54, 1.807) is 0 Å². The molecule has 1 aliphatic rings. The Morgan fingerprint density at radius 2 is 1.83 bits per heavy atom. The van der Waals surface area contributed by atoms with Crippen LogP contribution in [0.15, 0.2) is 12.1 Å². The summed E-state index contributed by atoms with van der Waals surface area (Å²) in [5.74, 6) is -1.48. The Balaban J connectivity index is 2.53. The molecule has 0 spiro atoms. The molecule has 0 bridgehead atoms. The van der Waals surface area contributed by atoms with Crippen LogP contribution >= 0.6 is 0 Å². The zero-order valence-electron chi connectivity index (χ0n) is 12.2. The molecule has 1 aromatic heterocycles. The van der Waals surface area contributed by atoms with Gasteiger partial charge in [-0.25, -0.2) is 9.78 Å². The number of aromatic nitrogens is 1. The number of nitro benzene ring substituents is 1. The molecule has 0 radical (unpaired) electrons. The van der Waals surface area contributed by atoms with Gasteiger partial charge in [-0.2, -0.15) is 13.2 Å². The van der Waals surface area contributed by atoms with Crippen LogP contribution in [0, 0.1) is 10.1 Å². The molecule has 3 rings (SSSR count). The molecule has 0 unspecified atom stereocenters. The number of nitro groups is 1. The van der Waals surface area contributed by atoms with Crippen molar-refractivity contribution in [1.82, 2.24) is 4.98 Å². The molecule has 2 aromatic rings. The average Bonchev–Trinajstić information content (AvgIpc) is 2.51. The lowest BCUT2D eigenvalue weighted by Crippen LogP contribution is -2.18. The van der Waals surface area contributed by atoms with Gasteiger partial charge in [-0.3, -0.25) is 10.1 Å². The standard InChI is InChI=1S/C15H11F3N2O4/c16-15(17,18)13-8-4-2-1-3-7(8)11-10(20(23)24)6-5-9(14(21)22)12(11)19-13/h5-6H,1-4H2,(H,21,22). The van der Waals surface area contributed by atoms with Crippen LogP contribution in [0.3, 0.4) is 0 Å². The fourth-order valence-electron chi connectivity index (χ4n) is 3.18. The molecule has 0 atom stereocenters. The van der Waals surface area contributed by atoms with Crippen LogP contribution < -0.4 is 0 Å². The number of aromatic carboxylic acids is 1. The Kier molecular flexibility index (Phi) is 3.66.